The van der Waals surface area contributed by atoms with E-state index in [0.29, 0.717) is 6.54 Å². The minimum atomic E-state index is -1.58. The number of aromatic nitrogens is 3. The largest absolute Gasteiger partial charge is 0.381 e. The molecule has 25 heavy (non-hydrogen) atoms. The molecule has 1 N–H and O–H groups in total. The Morgan fingerprint density at radius 3 is 2.76 bits per heavy atom. The van der Waals surface area contributed by atoms with Gasteiger partial charge in [0.25, 0.3) is 0 Å². The standard InChI is InChI=1S/C18H22F2N4O/c1-13-5-7-23(8-6-13)14(2)18(25,10-24-12-21-11-22-24)16-4-3-15(19)9-17(16)20/h3-5,9,11-12,14,25H,6-8,10H2,1-2H3/t14-,18-/m1/s1. The molecule has 3 rings (SSSR count). The van der Waals surface area contributed by atoms with Gasteiger partial charge in [0.15, 0.2) is 0 Å². The maximum absolute atomic E-state index is 14.5. The molecule has 1 aliphatic rings. The Bertz CT molecular complexity index is 762. The fourth-order valence-corrected chi connectivity index (χ4v) is 3.28. The molecule has 0 fully saturated rings. The number of rotatable bonds is 5. The number of aliphatic hydroxyl groups is 1. The molecule has 134 valence electrons. The summed E-state index contributed by atoms with van der Waals surface area (Å²) in [7, 11) is 0. The Morgan fingerprint density at radius 2 is 2.16 bits per heavy atom. The summed E-state index contributed by atoms with van der Waals surface area (Å²) in [4.78, 5) is 5.97. The SMILES string of the molecule is CC1=CCN([C@H](C)[C@](O)(Cn2cncn2)c2ccc(F)cc2F)CC1. The zero-order valence-corrected chi connectivity index (χ0v) is 14.4. The van der Waals surface area contributed by atoms with E-state index in [4.69, 9.17) is 0 Å². The molecular weight excluding hydrogens is 326 g/mol. The molecule has 0 saturated heterocycles. The van der Waals surface area contributed by atoms with Gasteiger partial charge in [-0.25, -0.2) is 18.4 Å². The second-order valence-corrected chi connectivity index (χ2v) is 6.61. The Balaban J connectivity index is 1.99. The quantitative estimate of drug-likeness (QED) is 0.844. The lowest BCUT2D eigenvalue weighted by molar-refractivity contribution is -0.0618. The maximum Gasteiger partial charge on any atom is 0.137 e. The van der Waals surface area contributed by atoms with Crippen LogP contribution in [-0.4, -0.2) is 43.9 Å². The van der Waals surface area contributed by atoms with E-state index in [9.17, 15) is 13.9 Å². The summed E-state index contributed by atoms with van der Waals surface area (Å²) in [6.45, 7) is 5.40. The van der Waals surface area contributed by atoms with Crippen molar-refractivity contribution in [3.05, 3.63) is 59.7 Å². The fraction of sp³-hybridized carbons (Fsp3) is 0.444. The van der Waals surface area contributed by atoms with E-state index in [1.165, 1.54) is 29.0 Å². The lowest BCUT2D eigenvalue weighted by Crippen LogP contribution is -2.53. The van der Waals surface area contributed by atoms with Gasteiger partial charge in [-0.3, -0.25) is 4.90 Å². The van der Waals surface area contributed by atoms with Gasteiger partial charge in [-0.05, 0) is 26.3 Å². The first kappa shape index (κ1) is 17.7. The molecule has 0 bridgehead atoms. The highest BCUT2D eigenvalue weighted by atomic mass is 19.1. The molecule has 0 aliphatic carbocycles. The molecule has 1 aromatic carbocycles. The zero-order valence-electron chi connectivity index (χ0n) is 14.4. The van der Waals surface area contributed by atoms with Gasteiger partial charge in [-0.2, -0.15) is 5.10 Å². The van der Waals surface area contributed by atoms with Crippen molar-refractivity contribution in [1.29, 1.82) is 0 Å². The summed E-state index contributed by atoms with van der Waals surface area (Å²) < 4.78 is 29.3. The molecule has 1 aromatic heterocycles. The third kappa shape index (κ3) is 3.62. The lowest BCUT2D eigenvalue weighted by atomic mass is 9.85. The van der Waals surface area contributed by atoms with Crippen LogP contribution >= 0.6 is 0 Å². The molecule has 0 unspecified atom stereocenters. The van der Waals surface area contributed by atoms with Crippen molar-refractivity contribution in [2.75, 3.05) is 13.1 Å². The molecule has 0 radical (unpaired) electrons. The van der Waals surface area contributed by atoms with Crippen molar-refractivity contribution in [3.8, 4) is 0 Å². The number of benzene rings is 1. The number of nitrogens with zero attached hydrogens (tertiary/aromatic N) is 4. The van der Waals surface area contributed by atoms with Crippen LogP contribution in [0.15, 0.2) is 42.5 Å². The molecule has 2 heterocycles. The van der Waals surface area contributed by atoms with E-state index in [2.05, 4.69) is 28.0 Å². The minimum Gasteiger partial charge on any atom is -0.381 e. The van der Waals surface area contributed by atoms with Crippen LogP contribution in [0.2, 0.25) is 0 Å². The molecule has 5 nitrogen and oxygen atoms in total. The van der Waals surface area contributed by atoms with E-state index in [1.54, 1.807) is 0 Å². The highest BCUT2D eigenvalue weighted by Crippen LogP contribution is 2.33. The van der Waals surface area contributed by atoms with Crippen molar-refractivity contribution in [2.45, 2.75) is 38.5 Å². The highest BCUT2D eigenvalue weighted by Gasteiger charge is 2.42. The van der Waals surface area contributed by atoms with Crippen LogP contribution in [0.4, 0.5) is 8.78 Å². The Morgan fingerprint density at radius 1 is 1.36 bits per heavy atom. The minimum absolute atomic E-state index is 0.0237. The normalized spacial score (nSPS) is 19.3. The zero-order chi connectivity index (χ0) is 18.0. The van der Waals surface area contributed by atoms with Crippen LogP contribution in [0.25, 0.3) is 0 Å². The van der Waals surface area contributed by atoms with Gasteiger partial charge in [0, 0.05) is 30.8 Å². The first-order valence-electron chi connectivity index (χ1n) is 8.30. The molecule has 1 aliphatic heterocycles. The Hall–Kier alpha value is -2.12. The van der Waals surface area contributed by atoms with Crippen LogP contribution in [0, 0.1) is 11.6 Å². The van der Waals surface area contributed by atoms with E-state index >= 15 is 0 Å². The summed E-state index contributed by atoms with van der Waals surface area (Å²) in [5.41, 5.74) is -0.218. The summed E-state index contributed by atoms with van der Waals surface area (Å²) in [5.74, 6) is -1.44. The molecular formula is C18H22F2N4O. The van der Waals surface area contributed by atoms with Gasteiger partial charge in [-0.1, -0.05) is 17.7 Å². The second kappa shape index (κ2) is 7.01. The van der Waals surface area contributed by atoms with Crippen LogP contribution in [-0.2, 0) is 12.1 Å². The average Bonchev–Trinajstić information content (AvgIpc) is 3.07. The lowest BCUT2D eigenvalue weighted by Gasteiger charge is -2.42. The van der Waals surface area contributed by atoms with Gasteiger partial charge in [0.1, 0.15) is 29.9 Å². The first-order valence-corrected chi connectivity index (χ1v) is 8.30. The van der Waals surface area contributed by atoms with E-state index < -0.39 is 23.3 Å². The first-order chi connectivity index (χ1) is 11.9. The maximum atomic E-state index is 14.5. The number of hydrogen-bond acceptors (Lipinski definition) is 4. The third-order valence-corrected chi connectivity index (χ3v) is 4.97. The van der Waals surface area contributed by atoms with Crippen LogP contribution in [0.1, 0.15) is 25.8 Å². The van der Waals surface area contributed by atoms with Gasteiger partial charge in [0.05, 0.1) is 6.54 Å². The third-order valence-electron chi connectivity index (χ3n) is 4.97. The van der Waals surface area contributed by atoms with Gasteiger partial charge >= 0.3 is 0 Å². The fourth-order valence-electron chi connectivity index (χ4n) is 3.28. The molecule has 0 amide bonds. The topological polar surface area (TPSA) is 54.2 Å². The van der Waals surface area contributed by atoms with Crippen molar-refractivity contribution in [3.63, 3.8) is 0 Å². The number of halogens is 2. The summed E-state index contributed by atoms with van der Waals surface area (Å²) in [5, 5.41) is 15.5. The van der Waals surface area contributed by atoms with E-state index in [-0.39, 0.29) is 12.1 Å². The summed E-state index contributed by atoms with van der Waals surface area (Å²) in [6.07, 6.45) is 5.84. The van der Waals surface area contributed by atoms with E-state index in [0.717, 1.165) is 25.1 Å². The van der Waals surface area contributed by atoms with Crippen molar-refractivity contribution >= 4 is 0 Å². The van der Waals surface area contributed by atoms with Crippen molar-refractivity contribution in [2.24, 2.45) is 0 Å². The molecule has 0 saturated carbocycles. The smallest absolute Gasteiger partial charge is 0.137 e. The predicted molar refractivity (Wildman–Crippen MR) is 89.7 cm³/mol. The van der Waals surface area contributed by atoms with Gasteiger partial charge in [0.2, 0.25) is 0 Å². The van der Waals surface area contributed by atoms with Crippen LogP contribution in [0.5, 0.6) is 0 Å². The monoisotopic (exact) mass is 348 g/mol. The summed E-state index contributed by atoms with van der Waals surface area (Å²) in [6, 6.07) is 2.87. The van der Waals surface area contributed by atoms with E-state index in [1.807, 2.05) is 6.92 Å². The van der Waals surface area contributed by atoms with Gasteiger partial charge in [-0.15, -0.1) is 0 Å². The molecule has 2 aromatic rings. The van der Waals surface area contributed by atoms with Crippen LogP contribution < -0.4 is 0 Å². The summed E-state index contributed by atoms with van der Waals surface area (Å²) >= 11 is 0. The predicted octanol–water partition coefficient (Wildman–Crippen LogP) is 2.48. The number of hydrogen-bond donors (Lipinski definition) is 1. The second-order valence-electron chi connectivity index (χ2n) is 6.61. The van der Waals surface area contributed by atoms with Crippen molar-refractivity contribution < 1.29 is 13.9 Å². The highest BCUT2D eigenvalue weighted by molar-refractivity contribution is 5.27. The van der Waals surface area contributed by atoms with Crippen molar-refractivity contribution in [1.82, 2.24) is 19.7 Å². The Labute approximate surface area is 145 Å². The Kier molecular flexibility index (Phi) is 4.96. The average molecular weight is 348 g/mol. The molecule has 7 heteroatoms. The molecule has 2 atom stereocenters. The molecule has 0 spiro atoms. The van der Waals surface area contributed by atoms with Gasteiger partial charge < -0.3 is 5.11 Å². The van der Waals surface area contributed by atoms with Crippen LogP contribution in [0.3, 0.4) is 0 Å².